The Bertz CT molecular complexity index is 735. The van der Waals surface area contributed by atoms with E-state index in [0.29, 0.717) is 44.8 Å². The number of hydrogen-bond donors (Lipinski definition) is 1. The minimum absolute atomic E-state index is 0.253. The normalized spacial score (nSPS) is 10.8. The second-order valence-corrected chi connectivity index (χ2v) is 5.65. The second kappa shape index (κ2) is 9.22. The average molecular weight is 347 g/mol. The molecule has 0 atom stereocenters. The highest BCUT2D eigenvalue weighted by atomic mass is 16.5. The van der Waals surface area contributed by atoms with Crippen molar-refractivity contribution in [2.45, 2.75) is 39.7 Å². The van der Waals surface area contributed by atoms with Gasteiger partial charge in [0.05, 0.1) is 20.3 Å². The zero-order valence-electron chi connectivity index (χ0n) is 15.0. The molecule has 0 aliphatic rings. The largest absolute Gasteiger partial charge is 0.469 e. The number of ether oxygens (including phenoxy) is 3. The van der Waals surface area contributed by atoms with Gasteiger partial charge in [0, 0.05) is 23.9 Å². The first kappa shape index (κ1) is 19.0. The Labute approximate surface area is 147 Å². The van der Waals surface area contributed by atoms with Crippen molar-refractivity contribution >= 4 is 22.8 Å². The van der Waals surface area contributed by atoms with Gasteiger partial charge in [-0.05, 0) is 43.9 Å². The Morgan fingerprint density at radius 1 is 1.16 bits per heavy atom. The second-order valence-electron chi connectivity index (χ2n) is 5.65. The van der Waals surface area contributed by atoms with E-state index in [1.54, 1.807) is 6.92 Å². The van der Waals surface area contributed by atoms with Crippen LogP contribution >= 0.6 is 0 Å². The number of rotatable bonds is 9. The quantitative estimate of drug-likeness (QED) is 0.704. The van der Waals surface area contributed by atoms with Crippen molar-refractivity contribution in [3.63, 3.8) is 0 Å². The molecule has 1 aromatic carbocycles. The van der Waals surface area contributed by atoms with Crippen LogP contribution in [0.3, 0.4) is 0 Å². The number of methoxy groups -OCH3 is 1. The van der Waals surface area contributed by atoms with Crippen molar-refractivity contribution in [2.24, 2.45) is 0 Å². The highest BCUT2D eigenvalue weighted by Crippen LogP contribution is 2.26. The predicted octanol–water partition coefficient (Wildman–Crippen LogP) is 3.38. The lowest BCUT2D eigenvalue weighted by molar-refractivity contribution is -0.140. The highest BCUT2D eigenvalue weighted by Gasteiger charge is 2.19. The van der Waals surface area contributed by atoms with E-state index >= 15 is 0 Å². The van der Waals surface area contributed by atoms with Crippen LogP contribution in [-0.2, 0) is 32.0 Å². The Morgan fingerprint density at radius 3 is 2.64 bits per heavy atom. The van der Waals surface area contributed by atoms with Crippen molar-refractivity contribution in [3.8, 4) is 0 Å². The topological polar surface area (TPSA) is 77.6 Å². The average Bonchev–Trinajstić information content (AvgIpc) is 2.98. The van der Waals surface area contributed by atoms with Crippen molar-refractivity contribution in [2.75, 3.05) is 20.3 Å². The zero-order valence-corrected chi connectivity index (χ0v) is 15.0. The van der Waals surface area contributed by atoms with Gasteiger partial charge in [-0.3, -0.25) is 4.79 Å². The summed E-state index contributed by atoms with van der Waals surface area (Å²) in [6.07, 6.45) is 1.51. The van der Waals surface area contributed by atoms with Crippen LogP contribution in [0.2, 0.25) is 0 Å². The molecular weight excluding hydrogens is 322 g/mol. The van der Waals surface area contributed by atoms with Crippen LogP contribution in [0.4, 0.5) is 0 Å². The zero-order chi connectivity index (χ0) is 18.2. The number of H-pyrrole nitrogens is 1. The molecule has 1 N–H and O–H groups in total. The number of nitrogens with one attached hydrogen (secondary N) is 1. The lowest BCUT2D eigenvalue weighted by atomic mass is 10.0. The summed E-state index contributed by atoms with van der Waals surface area (Å²) < 4.78 is 15.3. The first-order valence-corrected chi connectivity index (χ1v) is 8.55. The van der Waals surface area contributed by atoms with Gasteiger partial charge >= 0.3 is 11.9 Å². The molecule has 0 aliphatic carbocycles. The third kappa shape index (κ3) is 4.82. The fourth-order valence-electron chi connectivity index (χ4n) is 2.76. The summed E-state index contributed by atoms with van der Waals surface area (Å²) in [6, 6.07) is 5.96. The molecule has 2 aromatic rings. The van der Waals surface area contributed by atoms with Crippen LogP contribution in [0.1, 0.15) is 48.3 Å². The molecule has 0 radical (unpaired) electrons. The molecule has 0 saturated heterocycles. The van der Waals surface area contributed by atoms with Gasteiger partial charge in [0.1, 0.15) is 5.69 Å². The maximum absolute atomic E-state index is 12.3. The van der Waals surface area contributed by atoms with Gasteiger partial charge in [0.15, 0.2) is 0 Å². The fourth-order valence-corrected chi connectivity index (χ4v) is 2.76. The van der Waals surface area contributed by atoms with Crippen molar-refractivity contribution < 1.29 is 23.8 Å². The minimum atomic E-state index is -0.377. The molecule has 2 rings (SSSR count). The van der Waals surface area contributed by atoms with Gasteiger partial charge < -0.3 is 19.2 Å². The van der Waals surface area contributed by atoms with Crippen LogP contribution in [0.15, 0.2) is 18.2 Å². The molecule has 6 heteroatoms. The molecule has 0 bridgehead atoms. The van der Waals surface area contributed by atoms with E-state index in [0.717, 1.165) is 22.0 Å². The SMILES string of the molecule is CCOCc1ccc2c(CCCC(=O)OC)c(C(=O)OCC)[nH]c2c1. The molecule has 0 fully saturated rings. The molecule has 1 heterocycles. The van der Waals surface area contributed by atoms with E-state index in [1.807, 2.05) is 25.1 Å². The summed E-state index contributed by atoms with van der Waals surface area (Å²) in [6.45, 7) is 5.21. The van der Waals surface area contributed by atoms with Gasteiger partial charge in [-0.2, -0.15) is 0 Å². The number of carbonyl (C=O) groups is 2. The van der Waals surface area contributed by atoms with Crippen molar-refractivity contribution in [3.05, 3.63) is 35.0 Å². The number of carbonyl (C=O) groups excluding carboxylic acids is 2. The molecule has 1 aromatic heterocycles. The van der Waals surface area contributed by atoms with E-state index in [1.165, 1.54) is 7.11 Å². The third-order valence-electron chi connectivity index (χ3n) is 3.96. The molecule has 0 unspecified atom stereocenters. The summed E-state index contributed by atoms with van der Waals surface area (Å²) in [5.74, 6) is -0.630. The maximum atomic E-state index is 12.3. The molecule has 25 heavy (non-hydrogen) atoms. The van der Waals surface area contributed by atoms with Crippen LogP contribution in [0.25, 0.3) is 10.9 Å². The molecule has 0 aliphatic heterocycles. The van der Waals surface area contributed by atoms with E-state index < -0.39 is 0 Å². The summed E-state index contributed by atoms with van der Waals surface area (Å²) in [4.78, 5) is 26.8. The number of hydrogen-bond acceptors (Lipinski definition) is 5. The maximum Gasteiger partial charge on any atom is 0.355 e. The smallest absolute Gasteiger partial charge is 0.355 e. The lowest BCUT2D eigenvalue weighted by Gasteiger charge is -2.05. The van der Waals surface area contributed by atoms with Gasteiger partial charge in [0.2, 0.25) is 0 Å². The fraction of sp³-hybridized carbons (Fsp3) is 0.474. The predicted molar refractivity (Wildman–Crippen MR) is 94.5 cm³/mol. The lowest BCUT2D eigenvalue weighted by Crippen LogP contribution is -2.08. The van der Waals surface area contributed by atoms with E-state index in [9.17, 15) is 9.59 Å². The van der Waals surface area contributed by atoms with Crippen LogP contribution in [-0.4, -0.2) is 37.2 Å². The first-order chi connectivity index (χ1) is 12.1. The Morgan fingerprint density at radius 2 is 1.96 bits per heavy atom. The summed E-state index contributed by atoms with van der Waals surface area (Å²) in [5.41, 5.74) is 3.23. The summed E-state index contributed by atoms with van der Waals surface area (Å²) in [5, 5.41) is 0.966. The van der Waals surface area contributed by atoms with Crippen LogP contribution in [0, 0.1) is 0 Å². The molecule has 136 valence electrons. The minimum Gasteiger partial charge on any atom is -0.469 e. The summed E-state index contributed by atoms with van der Waals surface area (Å²) in [7, 11) is 1.37. The number of benzene rings is 1. The van der Waals surface area contributed by atoms with Gasteiger partial charge in [0.25, 0.3) is 0 Å². The van der Waals surface area contributed by atoms with Crippen molar-refractivity contribution in [1.82, 2.24) is 4.98 Å². The molecule has 0 spiro atoms. The molecular formula is C19H25NO5. The monoisotopic (exact) mass is 347 g/mol. The van der Waals surface area contributed by atoms with Gasteiger partial charge in [-0.15, -0.1) is 0 Å². The van der Waals surface area contributed by atoms with Gasteiger partial charge in [-0.25, -0.2) is 4.79 Å². The summed E-state index contributed by atoms with van der Waals surface area (Å²) >= 11 is 0. The van der Waals surface area contributed by atoms with Crippen LogP contribution < -0.4 is 0 Å². The van der Waals surface area contributed by atoms with Crippen molar-refractivity contribution in [1.29, 1.82) is 0 Å². The number of aromatic nitrogens is 1. The number of aromatic amines is 1. The standard InChI is InChI=1S/C19H25NO5/c1-4-24-12-13-9-10-14-15(7-6-8-17(21)23-3)18(19(22)25-5-2)20-16(14)11-13/h9-11,20H,4-8,12H2,1-3H3. The highest BCUT2D eigenvalue weighted by molar-refractivity contribution is 5.98. The molecule has 0 saturated carbocycles. The number of fused-ring (bicyclic) bond motifs is 1. The Kier molecular flexibility index (Phi) is 7.01. The van der Waals surface area contributed by atoms with Crippen LogP contribution in [0.5, 0.6) is 0 Å². The van der Waals surface area contributed by atoms with Gasteiger partial charge in [-0.1, -0.05) is 12.1 Å². The molecule has 0 amide bonds. The van der Waals surface area contributed by atoms with E-state index in [4.69, 9.17) is 9.47 Å². The number of esters is 2. The Hall–Kier alpha value is -2.34. The molecule has 6 nitrogen and oxygen atoms in total. The third-order valence-corrected chi connectivity index (χ3v) is 3.96. The number of aryl methyl sites for hydroxylation is 1. The van der Waals surface area contributed by atoms with E-state index in [-0.39, 0.29) is 11.9 Å². The van der Waals surface area contributed by atoms with E-state index in [2.05, 4.69) is 9.72 Å². The first-order valence-electron chi connectivity index (χ1n) is 8.55. The Balaban J connectivity index is 2.31.